The molecule has 1 amide bonds. The second kappa shape index (κ2) is 13.9. The van der Waals surface area contributed by atoms with E-state index in [1.807, 2.05) is 6.92 Å². The van der Waals surface area contributed by atoms with Gasteiger partial charge in [-0.05, 0) is 62.3 Å². The average molecular weight is 541 g/mol. The van der Waals surface area contributed by atoms with Crippen LogP contribution >= 0.6 is 0 Å². The number of methoxy groups -OCH3 is 3. The maximum Gasteiger partial charge on any atom is 0.295 e. The first-order valence-corrected chi connectivity index (χ1v) is 13.4. The number of likely N-dealkylation sites (tertiary alicyclic amines) is 1. The normalized spacial score (nSPS) is 16.6. The fourth-order valence-electron chi connectivity index (χ4n) is 4.83. The SMILES string of the molecule is CCCOc1cccc(/C(O)=C2\C(=O)C(=O)N(CCCN(CC)CC)C2c2cc(OC)c(OC)c(OC)c2)c1. The molecule has 1 saturated heterocycles. The molecule has 1 aliphatic heterocycles. The number of benzene rings is 2. The fourth-order valence-corrected chi connectivity index (χ4v) is 4.83. The molecular formula is C30H40N2O7. The zero-order valence-electron chi connectivity index (χ0n) is 23.8. The van der Waals surface area contributed by atoms with Crippen molar-refractivity contribution in [3.05, 3.63) is 53.1 Å². The summed E-state index contributed by atoms with van der Waals surface area (Å²) >= 11 is 0. The summed E-state index contributed by atoms with van der Waals surface area (Å²) in [5.41, 5.74) is 0.957. The Balaban J connectivity index is 2.16. The van der Waals surface area contributed by atoms with Crippen molar-refractivity contribution in [2.75, 3.05) is 54.1 Å². The van der Waals surface area contributed by atoms with Gasteiger partial charge in [-0.15, -0.1) is 0 Å². The predicted octanol–water partition coefficient (Wildman–Crippen LogP) is 4.65. The number of Topliss-reactive ketones (excluding diaryl/α,β-unsaturated/α-hetero) is 1. The molecule has 9 nitrogen and oxygen atoms in total. The van der Waals surface area contributed by atoms with Crippen molar-refractivity contribution in [2.45, 2.75) is 39.7 Å². The molecule has 212 valence electrons. The molecule has 0 aromatic heterocycles. The summed E-state index contributed by atoms with van der Waals surface area (Å²) < 4.78 is 22.3. The summed E-state index contributed by atoms with van der Waals surface area (Å²) in [4.78, 5) is 30.7. The van der Waals surface area contributed by atoms with E-state index >= 15 is 0 Å². The summed E-state index contributed by atoms with van der Waals surface area (Å²) in [6, 6.07) is 9.46. The van der Waals surface area contributed by atoms with E-state index in [0.29, 0.717) is 53.7 Å². The Kier molecular flexibility index (Phi) is 10.6. The van der Waals surface area contributed by atoms with Gasteiger partial charge >= 0.3 is 0 Å². The smallest absolute Gasteiger partial charge is 0.295 e. The van der Waals surface area contributed by atoms with Crippen LogP contribution in [0, 0.1) is 0 Å². The number of hydrogen-bond donors (Lipinski definition) is 1. The molecule has 1 aliphatic rings. The van der Waals surface area contributed by atoms with E-state index in [-0.39, 0.29) is 11.3 Å². The first-order valence-electron chi connectivity index (χ1n) is 13.4. The lowest BCUT2D eigenvalue weighted by Crippen LogP contribution is -2.33. The van der Waals surface area contributed by atoms with Crippen LogP contribution in [0.2, 0.25) is 0 Å². The molecule has 1 N–H and O–H groups in total. The number of carbonyl (C=O) groups is 2. The molecule has 0 bridgehead atoms. The molecule has 0 saturated carbocycles. The summed E-state index contributed by atoms with van der Waals surface area (Å²) in [6.45, 7) is 9.58. The van der Waals surface area contributed by atoms with Gasteiger partial charge in [0.15, 0.2) is 11.5 Å². The molecule has 0 aliphatic carbocycles. The Morgan fingerprint density at radius 3 is 2.21 bits per heavy atom. The second-order valence-electron chi connectivity index (χ2n) is 9.21. The van der Waals surface area contributed by atoms with Gasteiger partial charge < -0.3 is 33.9 Å². The van der Waals surface area contributed by atoms with Gasteiger partial charge in [-0.25, -0.2) is 0 Å². The highest BCUT2D eigenvalue weighted by molar-refractivity contribution is 6.46. The van der Waals surface area contributed by atoms with Crippen LogP contribution in [0.1, 0.15) is 50.8 Å². The highest BCUT2D eigenvalue weighted by atomic mass is 16.5. The van der Waals surface area contributed by atoms with Crippen molar-refractivity contribution in [1.82, 2.24) is 9.80 Å². The molecule has 39 heavy (non-hydrogen) atoms. The Hall–Kier alpha value is -3.72. The zero-order chi connectivity index (χ0) is 28.5. The van der Waals surface area contributed by atoms with E-state index in [2.05, 4.69) is 18.7 Å². The molecule has 1 heterocycles. The van der Waals surface area contributed by atoms with Gasteiger partial charge in [0.05, 0.1) is 39.6 Å². The van der Waals surface area contributed by atoms with Gasteiger partial charge in [-0.1, -0.05) is 32.9 Å². The molecule has 1 fully saturated rings. The number of aliphatic hydroxyl groups excluding tert-OH is 1. The number of hydrogen-bond acceptors (Lipinski definition) is 8. The molecule has 1 unspecified atom stereocenters. The van der Waals surface area contributed by atoms with Crippen LogP contribution in [0.15, 0.2) is 42.0 Å². The average Bonchev–Trinajstić information content (AvgIpc) is 3.22. The van der Waals surface area contributed by atoms with Crippen molar-refractivity contribution >= 4 is 17.4 Å². The molecular weight excluding hydrogens is 500 g/mol. The van der Waals surface area contributed by atoms with Crippen LogP contribution in [0.25, 0.3) is 5.76 Å². The van der Waals surface area contributed by atoms with Crippen LogP contribution in [-0.4, -0.2) is 80.7 Å². The van der Waals surface area contributed by atoms with E-state index in [1.54, 1.807) is 36.4 Å². The Labute approximate surface area is 230 Å². The third-order valence-corrected chi connectivity index (χ3v) is 6.89. The molecule has 0 radical (unpaired) electrons. The molecule has 1 atom stereocenters. The lowest BCUT2D eigenvalue weighted by atomic mass is 9.94. The van der Waals surface area contributed by atoms with Gasteiger partial charge in [-0.3, -0.25) is 9.59 Å². The van der Waals surface area contributed by atoms with Crippen molar-refractivity contribution in [3.63, 3.8) is 0 Å². The number of carbonyl (C=O) groups excluding carboxylic acids is 2. The number of ketones is 1. The number of aliphatic hydroxyl groups is 1. The summed E-state index contributed by atoms with van der Waals surface area (Å²) in [6.07, 6.45) is 1.49. The standard InChI is InChI=1S/C30H40N2O7/c1-7-16-39-22-13-10-12-20(17-22)27(33)25-26(21-18-23(36-4)29(38-6)24(19-21)37-5)32(30(35)28(25)34)15-11-14-31(8-2)9-3/h10,12-13,17-19,26,33H,7-9,11,14-16H2,1-6H3/b27-25+. The van der Waals surface area contributed by atoms with E-state index in [1.165, 1.54) is 26.2 Å². The summed E-state index contributed by atoms with van der Waals surface area (Å²) in [5, 5.41) is 11.5. The van der Waals surface area contributed by atoms with Gasteiger partial charge in [0.2, 0.25) is 5.75 Å². The zero-order valence-corrected chi connectivity index (χ0v) is 23.8. The molecule has 0 spiro atoms. The topological polar surface area (TPSA) is 97.8 Å². The summed E-state index contributed by atoms with van der Waals surface area (Å²) in [7, 11) is 4.51. The van der Waals surface area contributed by atoms with Crippen LogP contribution in [-0.2, 0) is 9.59 Å². The first kappa shape index (κ1) is 29.8. The molecule has 3 rings (SSSR count). The van der Waals surface area contributed by atoms with Gasteiger partial charge in [0, 0.05) is 12.1 Å². The number of rotatable bonds is 14. The van der Waals surface area contributed by atoms with Gasteiger partial charge in [-0.2, -0.15) is 0 Å². The Morgan fingerprint density at radius 1 is 0.974 bits per heavy atom. The highest BCUT2D eigenvalue weighted by Gasteiger charge is 2.46. The van der Waals surface area contributed by atoms with Crippen molar-refractivity contribution in [3.8, 4) is 23.0 Å². The van der Waals surface area contributed by atoms with E-state index < -0.39 is 17.7 Å². The molecule has 2 aromatic rings. The molecule has 9 heteroatoms. The monoisotopic (exact) mass is 540 g/mol. The van der Waals surface area contributed by atoms with Gasteiger partial charge in [0.1, 0.15) is 11.5 Å². The molecule has 2 aromatic carbocycles. The largest absolute Gasteiger partial charge is 0.507 e. The minimum atomic E-state index is -0.851. The third kappa shape index (κ3) is 6.47. The van der Waals surface area contributed by atoms with E-state index in [0.717, 1.165) is 26.1 Å². The minimum Gasteiger partial charge on any atom is -0.507 e. The summed E-state index contributed by atoms with van der Waals surface area (Å²) in [5.74, 6) is 0.0651. The predicted molar refractivity (Wildman–Crippen MR) is 150 cm³/mol. The van der Waals surface area contributed by atoms with Crippen LogP contribution in [0.4, 0.5) is 0 Å². The third-order valence-electron chi connectivity index (χ3n) is 6.89. The first-order chi connectivity index (χ1) is 18.8. The number of ether oxygens (including phenoxy) is 4. The van der Waals surface area contributed by atoms with Crippen molar-refractivity contribution < 1.29 is 33.6 Å². The Morgan fingerprint density at radius 2 is 1.64 bits per heavy atom. The highest BCUT2D eigenvalue weighted by Crippen LogP contribution is 2.45. The Bertz CT molecular complexity index is 1160. The van der Waals surface area contributed by atoms with E-state index in [4.69, 9.17) is 18.9 Å². The second-order valence-corrected chi connectivity index (χ2v) is 9.21. The lowest BCUT2D eigenvalue weighted by Gasteiger charge is -2.27. The maximum absolute atomic E-state index is 13.5. The van der Waals surface area contributed by atoms with Crippen LogP contribution in [0.3, 0.4) is 0 Å². The number of amides is 1. The fraction of sp³-hybridized carbons (Fsp3) is 0.467. The van der Waals surface area contributed by atoms with Crippen LogP contribution in [0.5, 0.6) is 23.0 Å². The lowest BCUT2D eigenvalue weighted by molar-refractivity contribution is -0.140. The van der Waals surface area contributed by atoms with Gasteiger partial charge in [0.25, 0.3) is 11.7 Å². The van der Waals surface area contributed by atoms with Crippen LogP contribution < -0.4 is 18.9 Å². The van der Waals surface area contributed by atoms with E-state index in [9.17, 15) is 14.7 Å². The van der Waals surface area contributed by atoms with Crippen molar-refractivity contribution in [1.29, 1.82) is 0 Å². The maximum atomic E-state index is 13.5. The minimum absolute atomic E-state index is 0.00440. The number of nitrogens with zero attached hydrogens (tertiary/aromatic N) is 2. The van der Waals surface area contributed by atoms with Crippen molar-refractivity contribution in [2.24, 2.45) is 0 Å². The quantitative estimate of drug-likeness (QED) is 0.210.